The van der Waals surface area contributed by atoms with E-state index in [1.165, 1.54) is 7.11 Å². The second kappa shape index (κ2) is 8.64. The van der Waals surface area contributed by atoms with Gasteiger partial charge in [0.15, 0.2) is 5.75 Å². The monoisotopic (exact) mass is 400 g/mol. The Bertz CT molecular complexity index is 724. The van der Waals surface area contributed by atoms with Gasteiger partial charge in [0.1, 0.15) is 0 Å². The molecule has 1 aliphatic heterocycles. The first-order chi connectivity index (χ1) is 12.3. The zero-order valence-corrected chi connectivity index (χ0v) is 16.6. The van der Waals surface area contributed by atoms with Crippen LogP contribution in [0.2, 0.25) is 10.0 Å². The van der Waals surface area contributed by atoms with Gasteiger partial charge in [0.25, 0.3) is 0 Å². The molecule has 1 aromatic carbocycles. The summed E-state index contributed by atoms with van der Waals surface area (Å²) in [4.78, 5) is 24.4. The highest BCUT2D eigenvalue weighted by Gasteiger charge is 2.33. The predicted octanol–water partition coefficient (Wildman–Crippen LogP) is 4.36. The predicted molar refractivity (Wildman–Crippen MR) is 101 cm³/mol. The van der Waals surface area contributed by atoms with E-state index < -0.39 is 18.0 Å². The smallest absolute Gasteiger partial charge is 0.337 e. The van der Waals surface area contributed by atoms with Crippen LogP contribution in [0.5, 0.6) is 5.75 Å². The standard InChI is InChI=1S/C18H22Cl2N2O4/c1-5-6-13-14(17(23)25-4)15(22-18(24)21-13)10-7-11(19)16(12(20)8-10)26-9(2)3/h7-9,15H,5-6H2,1-4H3,(H2,21,22,24). The third kappa shape index (κ3) is 4.43. The van der Waals surface area contributed by atoms with Gasteiger partial charge in [-0.3, -0.25) is 0 Å². The van der Waals surface area contributed by atoms with Crippen molar-refractivity contribution < 1.29 is 19.1 Å². The third-order valence-electron chi connectivity index (χ3n) is 3.77. The molecule has 142 valence electrons. The maximum absolute atomic E-state index is 12.4. The van der Waals surface area contributed by atoms with Crippen LogP contribution in [0.15, 0.2) is 23.4 Å². The minimum atomic E-state index is -0.721. The summed E-state index contributed by atoms with van der Waals surface area (Å²) in [6, 6.07) is 2.14. The minimum absolute atomic E-state index is 0.101. The van der Waals surface area contributed by atoms with Gasteiger partial charge in [-0.15, -0.1) is 0 Å². The summed E-state index contributed by atoms with van der Waals surface area (Å²) in [5, 5.41) is 6.02. The molecule has 0 saturated heterocycles. The van der Waals surface area contributed by atoms with Gasteiger partial charge >= 0.3 is 12.0 Å². The fourth-order valence-electron chi connectivity index (χ4n) is 2.76. The molecule has 26 heavy (non-hydrogen) atoms. The molecule has 1 aliphatic rings. The molecule has 1 aromatic rings. The summed E-state index contributed by atoms with van der Waals surface area (Å²) < 4.78 is 10.5. The fourth-order valence-corrected chi connectivity index (χ4v) is 3.35. The molecule has 0 fully saturated rings. The van der Waals surface area contributed by atoms with Gasteiger partial charge in [-0.05, 0) is 38.0 Å². The van der Waals surface area contributed by atoms with Crippen molar-refractivity contribution in [2.24, 2.45) is 0 Å². The average molecular weight is 401 g/mol. The van der Waals surface area contributed by atoms with Crippen molar-refractivity contribution in [3.8, 4) is 5.75 Å². The van der Waals surface area contributed by atoms with Crippen LogP contribution in [0.25, 0.3) is 0 Å². The lowest BCUT2D eigenvalue weighted by Gasteiger charge is -2.29. The number of carbonyl (C=O) groups is 2. The Balaban J connectivity index is 2.55. The van der Waals surface area contributed by atoms with E-state index in [2.05, 4.69) is 10.6 Å². The third-order valence-corrected chi connectivity index (χ3v) is 4.33. The topological polar surface area (TPSA) is 76.7 Å². The van der Waals surface area contributed by atoms with E-state index in [0.29, 0.717) is 39.0 Å². The molecular weight excluding hydrogens is 379 g/mol. The number of hydrogen-bond acceptors (Lipinski definition) is 4. The van der Waals surface area contributed by atoms with Gasteiger partial charge in [0.05, 0.1) is 34.9 Å². The van der Waals surface area contributed by atoms with Crippen molar-refractivity contribution in [2.75, 3.05) is 7.11 Å². The molecule has 0 aromatic heterocycles. The number of methoxy groups -OCH3 is 1. The van der Waals surface area contributed by atoms with E-state index in [1.807, 2.05) is 20.8 Å². The Kier molecular flexibility index (Phi) is 6.78. The number of halogens is 2. The number of esters is 1. The highest BCUT2D eigenvalue weighted by atomic mass is 35.5. The molecule has 1 unspecified atom stereocenters. The van der Waals surface area contributed by atoms with Gasteiger partial charge in [-0.2, -0.15) is 0 Å². The summed E-state index contributed by atoms with van der Waals surface area (Å²) in [6.07, 6.45) is 1.19. The molecule has 2 rings (SSSR count). The average Bonchev–Trinajstić information content (AvgIpc) is 2.57. The molecule has 0 spiro atoms. The van der Waals surface area contributed by atoms with Crippen LogP contribution in [-0.2, 0) is 9.53 Å². The first kappa shape index (κ1) is 20.4. The van der Waals surface area contributed by atoms with E-state index in [9.17, 15) is 9.59 Å². The lowest BCUT2D eigenvalue weighted by molar-refractivity contribution is -0.136. The lowest BCUT2D eigenvalue weighted by Crippen LogP contribution is -2.45. The van der Waals surface area contributed by atoms with Crippen molar-refractivity contribution in [1.29, 1.82) is 0 Å². The number of urea groups is 1. The number of benzene rings is 1. The Morgan fingerprint density at radius 3 is 2.38 bits per heavy atom. The highest BCUT2D eigenvalue weighted by molar-refractivity contribution is 6.37. The number of hydrogen-bond donors (Lipinski definition) is 2. The summed E-state index contributed by atoms with van der Waals surface area (Å²) in [6.45, 7) is 5.68. The molecule has 0 aliphatic carbocycles. The van der Waals surface area contributed by atoms with Crippen molar-refractivity contribution in [3.63, 3.8) is 0 Å². The molecule has 1 atom stereocenters. The van der Waals surface area contributed by atoms with Gasteiger partial charge in [-0.25, -0.2) is 9.59 Å². The van der Waals surface area contributed by atoms with E-state index in [1.54, 1.807) is 12.1 Å². The van der Waals surface area contributed by atoms with E-state index >= 15 is 0 Å². The first-order valence-electron chi connectivity index (χ1n) is 8.32. The minimum Gasteiger partial charge on any atom is -0.488 e. The summed E-state index contributed by atoms with van der Waals surface area (Å²) in [5.74, 6) is -0.162. The molecule has 1 heterocycles. The molecule has 6 nitrogen and oxygen atoms in total. The second-order valence-corrected chi connectivity index (χ2v) is 6.96. The van der Waals surface area contributed by atoms with Crippen molar-refractivity contribution in [3.05, 3.63) is 39.0 Å². The number of amides is 2. The van der Waals surface area contributed by atoms with Crippen molar-refractivity contribution in [1.82, 2.24) is 10.6 Å². The van der Waals surface area contributed by atoms with Crippen LogP contribution < -0.4 is 15.4 Å². The number of nitrogens with one attached hydrogen (secondary N) is 2. The van der Waals surface area contributed by atoms with E-state index in [-0.39, 0.29) is 6.10 Å². The second-order valence-electron chi connectivity index (χ2n) is 6.15. The van der Waals surface area contributed by atoms with Crippen LogP contribution in [0.1, 0.15) is 45.2 Å². The first-order valence-corrected chi connectivity index (χ1v) is 9.08. The number of rotatable bonds is 6. The normalized spacial score (nSPS) is 17.0. The summed E-state index contributed by atoms with van der Waals surface area (Å²) in [5.41, 5.74) is 1.43. The molecule has 0 bridgehead atoms. The molecule has 0 saturated carbocycles. The largest absolute Gasteiger partial charge is 0.488 e. The van der Waals surface area contributed by atoms with Gasteiger partial charge in [-0.1, -0.05) is 36.5 Å². The van der Waals surface area contributed by atoms with Crippen LogP contribution in [0.4, 0.5) is 4.79 Å². The zero-order valence-electron chi connectivity index (χ0n) is 15.1. The van der Waals surface area contributed by atoms with Crippen LogP contribution in [0.3, 0.4) is 0 Å². The highest BCUT2D eigenvalue weighted by Crippen LogP contribution is 2.39. The number of allylic oxidation sites excluding steroid dienone is 1. The Labute approximate surface area is 162 Å². The van der Waals surface area contributed by atoms with Gasteiger partial charge < -0.3 is 20.1 Å². The maximum Gasteiger partial charge on any atom is 0.337 e. The van der Waals surface area contributed by atoms with E-state index in [4.69, 9.17) is 32.7 Å². The number of carbonyl (C=O) groups excluding carboxylic acids is 2. The quantitative estimate of drug-likeness (QED) is 0.695. The Morgan fingerprint density at radius 1 is 1.27 bits per heavy atom. The molecule has 2 N–H and O–H groups in total. The summed E-state index contributed by atoms with van der Waals surface area (Å²) >= 11 is 12.6. The van der Waals surface area contributed by atoms with Crippen molar-refractivity contribution >= 4 is 35.2 Å². The van der Waals surface area contributed by atoms with Gasteiger partial charge in [0.2, 0.25) is 0 Å². The van der Waals surface area contributed by atoms with Crippen LogP contribution in [-0.4, -0.2) is 25.2 Å². The Hall–Kier alpha value is -1.92. The zero-order chi connectivity index (χ0) is 19.4. The SMILES string of the molecule is CCCC1=C(C(=O)OC)C(c2cc(Cl)c(OC(C)C)c(Cl)c2)NC(=O)N1. The van der Waals surface area contributed by atoms with Crippen molar-refractivity contribution in [2.45, 2.75) is 45.8 Å². The van der Waals surface area contributed by atoms with Gasteiger partial charge in [0, 0.05) is 5.70 Å². The number of ether oxygens (including phenoxy) is 2. The summed E-state index contributed by atoms with van der Waals surface area (Å²) in [7, 11) is 1.30. The Morgan fingerprint density at radius 2 is 1.88 bits per heavy atom. The van der Waals surface area contributed by atoms with Crippen LogP contribution in [0, 0.1) is 0 Å². The van der Waals surface area contributed by atoms with Crippen LogP contribution >= 0.6 is 23.2 Å². The molecular formula is C18H22Cl2N2O4. The molecule has 8 heteroatoms. The molecule has 2 amide bonds. The van der Waals surface area contributed by atoms with E-state index in [0.717, 1.165) is 6.42 Å². The fraction of sp³-hybridized carbons (Fsp3) is 0.444. The maximum atomic E-state index is 12.4. The molecule has 0 radical (unpaired) electrons. The lowest BCUT2D eigenvalue weighted by atomic mass is 9.93.